The van der Waals surface area contributed by atoms with Gasteiger partial charge in [0, 0.05) is 11.8 Å². The van der Waals surface area contributed by atoms with E-state index in [1.54, 1.807) is 0 Å². The number of hydrogen-bond donors (Lipinski definition) is 2. The van der Waals surface area contributed by atoms with Gasteiger partial charge in [0.2, 0.25) is 5.91 Å². The van der Waals surface area contributed by atoms with Crippen molar-refractivity contribution >= 4 is 11.6 Å². The van der Waals surface area contributed by atoms with Gasteiger partial charge in [-0.2, -0.15) is 0 Å². The summed E-state index contributed by atoms with van der Waals surface area (Å²) in [6.45, 7) is 4.65. The van der Waals surface area contributed by atoms with Gasteiger partial charge in [-0.25, -0.2) is 0 Å². The number of carbonyl (C=O) groups is 1. The highest BCUT2D eigenvalue weighted by Crippen LogP contribution is 2.19. The van der Waals surface area contributed by atoms with Gasteiger partial charge in [-0.15, -0.1) is 6.42 Å². The van der Waals surface area contributed by atoms with Gasteiger partial charge < -0.3 is 10.1 Å². The van der Waals surface area contributed by atoms with E-state index in [1.165, 1.54) is 0 Å². The summed E-state index contributed by atoms with van der Waals surface area (Å²) < 4.78 is 5.69. The van der Waals surface area contributed by atoms with Crippen LogP contribution in [-0.2, 0) is 4.79 Å². The molecule has 0 radical (unpaired) electrons. The predicted molar refractivity (Wildman–Crippen MR) is 77.2 cm³/mol. The van der Waals surface area contributed by atoms with Crippen LogP contribution in [0.15, 0.2) is 24.3 Å². The minimum Gasteiger partial charge on any atom is -0.491 e. The Morgan fingerprint density at radius 3 is 3.00 bits per heavy atom. The molecule has 0 spiro atoms. The highest BCUT2D eigenvalue weighted by Gasteiger charge is 2.04. The summed E-state index contributed by atoms with van der Waals surface area (Å²) >= 11 is 0. The second kappa shape index (κ2) is 8.17. The van der Waals surface area contributed by atoms with Gasteiger partial charge in [0.15, 0.2) is 0 Å². The molecule has 0 aliphatic heterocycles. The first-order valence-corrected chi connectivity index (χ1v) is 6.36. The van der Waals surface area contributed by atoms with Gasteiger partial charge in [0.1, 0.15) is 5.75 Å². The van der Waals surface area contributed by atoms with E-state index < -0.39 is 0 Å². The van der Waals surface area contributed by atoms with Crippen molar-refractivity contribution in [2.45, 2.75) is 26.4 Å². The molecule has 1 aromatic carbocycles. The van der Waals surface area contributed by atoms with Crippen LogP contribution in [0, 0.1) is 12.3 Å². The van der Waals surface area contributed by atoms with Crippen molar-refractivity contribution < 1.29 is 9.53 Å². The number of benzene rings is 1. The van der Waals surface area contributed by atoms with E-state index in [2.05, 4.69) is 23.5 Å². The lowest BCUT2D eigenvalue weighted by molar-refractivity contribution is -0.115. The molecule has 0 fully saturated rings. The first-order chi connectivity index (χ1) is 9.15. The second-order valence-electron chi connectivity index (χ2n) is 4.22. The van der Waals surface area contributed by atoms with Crippen molar-refractivity contribution in [2.24, 2.45) is 0 Å². The van der Waals surface area contributed by atoms with Crippen molar-refractivity contribution in [3.05, 3.63) is 24.3 Å². The van der Waals surface area contributed by atoms with Crippen molar-refractivity contribution in [3.63, 3.8) is 0 Å². The number of terminal acetylenes is 1. The summed E-state index contributed by atoms with van der Waals surface area (Å²) in [5.41, 5.74) is 0.716. The zero-order chi connectivity index (χ0) is 14.1. The number of rotatable bonds is 7. The number of nitrogens with one attached hydrogen (secondary N) is 2. The van der Waals surface area contributed by atoms with E-state index >= 15 is 0 Å². The molecule has 0 aliphatic carbocycles. The molecule has 4 nitrogen and oxygen atoms in total. The molecule has 0 saturated heterocycles. The molecule has 0 aliphatic rings. The van der Waals surface area contributed by atoms with Gasteiger partial charge in [0.25, 0.3) is 0 Å². The number of ether oxygens (including phenoxy) is 1. The predicted octanol–water partition coefficient (Wildman–Crippen LogP) is 2.03. The molecule has 0 bridgehead atoms. The number of amides is 1. The maximum Gasteiger partial charge on any atom is 0.238 e. The van der Waals surface area contributed by atoms with Crippen LogP contribution in [0.1, 0.15) is 20.3 Å². The zero-order valence-corrected chi connectivity index (χ0v) is 11.4. The lowest BCUT2D eigenvalue weighted by atomic mass is 10.2. The van der Waals surface area contributed by atoms with Crippen LogP contribution in [-0.4, -0.2) is 25.1 Å². The number of hydrogen-bond acceptors (Lipinski definition) is 3. The first-order valence-electron chi connectivity index (χ1n) is 6.36. The molecule has 0 aromatic heterocycles. The fraction of sp³-hybridized carbons (Fsp3) is 0.400. The molecular weight excluding hydrogens is 240 g/mol. The molecule has 1 unspecified atom stereocenters. The third-order valence-electron chi connectivity index (χ3n) is 2.54. The highest BCUT2D eigenvalue weighted by atomic mass is 16.5. The Morgan fingerprint density at radius 1 is 1.53 bits per heavy atom. The van der Waals surface area contributed by atoms with Gasteiger partial charge in [-0.05, 0) is 25.5 Å². The minimum absolute atomic E-state index is 0.129. The molecule has 102 valence electrons. The molecule has 1 amide bonds. The molecule has 4 heteroatoms. The van der Waals surface area contributed by atoms with Crippen LogP contribution in [0.3, 0.4) is 0 Å². The van der Waals surface area contributed by atoms with Crippen LogP contribution in [0.25, 0.3) is 0 Å². The molecule has 0 heterocycles. The maximum atomic E-state index is 11.6. The first kappa shape index (κ1) is 15.1. The smallest absolute Gasteiger partial charge is 0.238 e. The normalized spacial score (nSPS) is 11.4. The Hall–Kier alpha value is -1.99. The molecule has 1 atom stereocenters. The zero-order valence-electron chi connectivity index (χ0n) is 11.4. The Kier molecular flexibility index (Phi) is 6.48. The molecule has 2 N–H and O–H groups in total. The van der Waals surface area contributed by atoms with Crippen LogP contribution in [0.4, 0.5) is 5.69 Å². The summed E-state index contributed by atoms with van der Waals surface area (Å²) in [6.07, 6.45) is 6.18. The van der Waals surface area contributed by atoms with E-state index in [1.807, 2.05) is 31.2 Å². The van der Waals surface area contributed by atoms with E-state index in [0.717, 1.165) is 12.2 Å². The molecular formula is C15H20N2O2. The fourth-order valence-electron chi connectivity index (χ4n) is 1.42. The topological polar surface area (TPSA) is 50.4 Å². The van der Waals surface area contributed by atoms with Gasteiger partial charge in [0.05, 0.1) is 19.2 Å². The lowest BCUT2D eigenvalue weighted by Crippen LogP contribution is -2.28. The summed E-state index contributed by atoms with van der Waals surface area (Å²) in [6, 6.07) is 7.36. The van der Waals surface area contributed by atoms with Gasteiger partial charge >= 0.3 is 0 Å². The minimum atomic E-state index is -0.129. The quantitative estimate of drug-likeness (QED) is 0.582. The van der Waals surface area contributed by atoms with Crippen LogP contribution in [0.2, 0.25) is 0 Å². The largest absolute Gasteiger partial charge is 0.491 e. The number of carbonyl (C=O) groups excluding carboxylic acids is 1. The Balaban J connectivity index is 2.52. The highest BCUT2D eigenvalue weighted by molar-refractivity contribution is 5.92. The van der Waals surface area contributed by atoms with Crippen molar-refractivity contribution in [1.82, 2.24) is 5.32 Å². The summed E-state index contributed by atoms with van der Waals surface area (Å²) in [7, 11) is 0. The van der Waals surface area contributed by atoms with E-state index in [-0.39, 0.29) is 18.6 Å². The molecule has 1 aromatic rings. The third-order valence-corrected chi connectivity index (χ3v) is 2.54. The lowest BCUT2D eigenvalue weighted by Gasteiger charge is -2.13. The Morgan fingerprint density at radius 2 is 2.32 bits per heavy atom. The van der Waals surface area contributed by atoms with E-state index in [0.29, 0.717) is 12.2 Å². The van der Waals surface area contributed by atoms with Crippen LogP contribution < -0.4 is 15.4 Å². The molecule has 19 heavy (non-hydrogen) atoms. The van der Waals surface area contributed by atoms with E-state index in [4.69, 9.17) is 11.2 Å². The fourth-order valence-corrected chi connectivity index (χ4v) is 1.42. The van der Waals surface area contributed by atoms with Crippen molar-refractivity contribution in [1.29, 1.82) is 0 Å². The number of anilines is 1. The van der Waals surface area contributed by atoms with Gasteiger partial charge in [-0.3, -0.25) is 10.1 Å². The standard InChI is InChI=1S/C15H20N2O2/c1-4-9-16-11-15(18)17-13-7-6-8-14(10-13)19-12(3)5-2/h1,6-8,10,12,16H,5,9,11H2,2-3H3,(H,17,18). The van der Waals surface area contributed by atoms with Gasteiger partial charge in [-0.1, -0.05) is 18.9 Å². The summed E-state index contributed by atoms with van der Waals surface area (Å²) in [5, 5.41) is 5.61. The summed E-state index contributed by atoms with van der Waals surface area (Å²) in [5.74, 6) is 3.04. The maximum absolute atomic E-state index is 11.6. The van der Waals surface area contributed by atoms with Crippen LogP contribution >= 0.6 is 0 Å². The van der Waals surface area contributed by atoms with Crippen molar-refractivity contribution in [3.8, 4) is 18.1 Å². The molecule has 0 saturated carbocycles. The van der Waals surface area contributed by atoms with Crippen molar-refractivity contribution in [2.75, 3.05) is 18.4 Å². The monoisotopic (exact) mass is 260 g/mol. The molecule has 1 rings (SSSR count). The Bertz CT molecular complexity index is 452. The van der Waals surface area contributed by atoms with E-state index in [9.17, 15) is 4.79 Å². The summed E-state index contributed by atoms with van der Waals surface area (Å²) in [4.78, 5) is 11.6. The average molecular weight is 260 g/mol. The SMILES string of the molecule is C#CCNCC(=O)Nc1cccc(OC(C)CC)c1. The second-order valence-corrected chi connectivity index (χ2v) is 4.22. The van der Waals surface area contributed by atoms with Crippen LogP contribution in [0.5, 0.6) is 5.75 Å². The average Bonchev–Trinajstić information content (AvgIpc) is 2.39. The third kappa shape index (κ3) is 5.94. The Labute approximate surface area is 114 Å².